The van der Waals surface area contributed by atoms with Gasteiger partial charge in [0.2, 0.25) is 0 Å². The van der Waals surface area contributed by atoms with E-state index in [1.807, 2.05) is 48.5 Å². The summed E-state index contributed by atoms with van der Waals surface area (Å²) in [6, 6.07) is 33.1. The van der Waals surface area contributed by atoms with E-state index in [0.717, 1.165) is 41.2 Å². The van der Waals surface area contributed by atoms with E-state index in [4.69, 9.17) is 14.2 Å². The predicted octanol–water partition coefficient (Wildman–Crippen LogP) is 6.74. The molecule has 4 aromatic rings. The maximum atomic E-state index is 6.06. The monoisotopic (exact) mass is 424 g/mol. The van der Waals surface area contributed by atoms with Gasteiger partial charge in [-0.25, -0.2) is 0 Å². The fraction of sp³-hybridized carbons (Fsp3) is 0.172. The zero-order chi connectivity index (χ0) is 22.2. The van der Waals surface area contributed by atoms with Crippen molar-refractivity contribution in [1.82, 2.24) is 0 Å². The van der Waals surface area contributed by atoms with Crippen LogP contribution in [-0.4, -0.2) is 14.2 Å². The number of hydrogen-bond acceptors (Lipinski definition) is 3. The molecule has 0 fully saturated rings. The lowest BCUT2D eigenvalue weighted by molar-refractivity contribution is 0.306. The summed E-state index contributed by atoms with van der Waals surface area (Å²) in [4.78, 5) is 0. The molecule has 3 nitrogen and oxygen atoms in total. The topological polar surface area (TPSA) is 27.7 Å². The SMILES string of the molecule is COc1ccc(CCc2ccc(OC)cc2-c2cccc(OCc3ccccc3)c2)cc1. The molecule has 162 valence electrons. The average Bonchev–Trinajstić information content (AvgIpc) is 2.87. The summed E-state index contributed by atoms with van der Waals surface area (Å²) in [6.45, 7) is 0.548. The van der Waals surface area contributed by atoms with Crippen molar-refractivity contribution in [2.75, 3.05) is 14.2 Å². The first-order valence-corrected chi connectivity index (χ1v) is 10.8. The van der Waals surface area contributed by atoms with Crippen molar-refractivity contribution in [1.29, 1.82) is 0 Å². The Labute approximate surface area is 190 Å². The number of methoxy groups -OCH3 is 2. The van der Waals surface area contributed by atoms with Crippen LogP contribution in [0.1, 0.15) is 16.7 Å². The highest BCUT2D eigenvalue weighted by Crippen LogP contribution is 2.31. The Bertz CT molecular complexity index is 1130. The van der Waals surface area contributed by atoms with E-state index in [0.29, 0.717) is 6.61 Å². The molecule has 4 aromatic carbocycles. The van der Waals surface area contributed by atoms with Gasteiger partial charge in [-0.1, -0.05) is 60.7 Å². The lowest BCUT2D eigenvalue weighted by Crippen LogP contribution is -1.97. The van der Waals surface area contributed by atoms with Crippen LogP contribution in [0, 0.1) is 0 Å². The van der Waals surface area contributed by atoms with Crippen molar-refractivity contribution in [2.45, 2.75) is 19.4 Å². The summed E-state index contributed by atoms with van der Waals surface area (Å²) in [5.41, 5.74) is 6.01. The van der Waals surface area contributed by atoms with Crippen LogP contribution in [-0.2, 0) is 19.4 Å². The zero-order valence-electron chi connectivity index (χ0n) is 18.6. The molecule has 0 radical (unpaired) electrons. The second-order valence-electron chi connectivity index (χ2n) is 7.67. The highest BCUT2D eigenvalue weighted by molar-refractivity contribution is 5.70. The van der Waals surface area contributed by atoms with Gasteiger partial charge in [-0.05, 0) is 77.1 Å². The summed E-state index contributed by atoms with van der Waals surface area (Å²) >= 11 is 0. The lowest BCUT2D eigenvalue weighted by atomic mass is 9.94. The van der Waals surface area contributed by atoms with Gasteiger partial charge in [0.15, 0.2) is 0 Å². The highest BCUT2D eigenvalue weighted by atomic mass is 16.5. The van der Waals surface area contributed by atoms with Gasteiger partial charge >= 0.3 is 0 Å². The van der Waals surface area contributed by atoms with E-state index in [1.165, 1.54) is 16.7 Å². The normalized spacial score (nSPS) is 10.6. The molecule has 0 unspecified atom stereocenters. The van der Waals surface area contributed by atoms with Crippen LogP contribution < -0.4 is 14.2 Å². The van der Waals surface area contributed by atoms with E-state index in [2.05, 4.69) is 48.5 Å². The Hall–Kier alpha value is -3.72. The average molecular weight is 425 g/mol. The fourth-order valence-corrected chi connectivity index (χ4v) is 3.73. The quantitative estimate of drug-likeness (QED) is 0.298. The molecule has 0 aliphatic rings. The molecule has 0 aromatic heterocycles. The Balaban J connectivity index is 1.54. The lowest BCUT2D eigenvalue weighted by Gasteiger charge is -2.14. The molecule has 0 heterocycles. The molecule has 0 bridgehead atoms. The first-order chi connectivity index (χ1) is 15.7. The number of hydrogen-bond donors (Lipinski definition) is 0. The van der Waals surface area contributed by atoms with Crippen LogP contribution in [0.2, 0.25) is 0 Å². The number of benzene rings is 4. The smallest absolute Gasteiger partial charge is 0.120 e. The largest absolute Gasteiger partial charge is 0.497 e. The number of aryl methyl sites for hydroxylation is 2. The van der Waals surface area contributed by atoms with Gasteiger partial charge in [0, 0.05) is 0 Å². The predicted molar refractivity (Wildman–Crippen MR) is 130 cm³/mol. The molecule has 0 aliphatic carbocycles. The van der Waals surface area contributed by atoms with Crippen molar-refractivity contribution in [3.05, 3.63) is 114 Å². The molecular formula is C29H28O3. The summed E-state index contributed by atoms with van der Waals surface area (Å²) in [5.74, 6) is 2.59. The molecule has 0 spiro atoms. The van der Waals surface area contributed by atoms with Crippen LogP contribution in [0.15, 0.2) is 97.1 Å². The van der Waals surface area contributed by atoms with Crippen molar-refractivity contribution < 1.29 is 14.2 Å². The maximum absolute atomic E-state index is 6.06. The van der Waals surface area contributed by atoms with Gasteiger partial charge in [0.05, 0.1) is 14.2 Å². The van der Waals surface area contributed by atoms with E-state index in [9.17, 15) is 0 Å². The van der Waals surface area contributed by atoms with Crippen molar-refractivity contribution in [2.24, 2.45) is 0 Å². The third-order valence-corrected chi connectivity index (χ3v) is 5.55. The van der Waals surface area contributed by atoms with Gasteiger partial charge < -0.3 is 14.2 Å². The van der Waals surface area contributed by atoms with Crippen LogP contribution in [0.4, 0.5) is 0 Å². The number of ether oxygens (including phenoxy) is 3. The Morgan fingerprint density at radius 1 is 0.562 bits per heavy atom. The van der Waals surface area contributed by atoms with Crippen LogP contribution in [0.25, 0.3) is 11.1 Å². The third-order valence-electron chi connectivity index (χ3n) is 5.55. The first-order valence-electron chi connectivity index (χ1n) is 10.8. The van der Waals surface area contributed by atoms with Gasteiger partial charge in [-0.15, -0.1) is 0 Å². The number of rotatable bonds is 9. The third kappa shape index (κ3) is 5.50. The first kappa shape index (κ1) is 21.5. The summed E-state index contributed by atoms with van der Waals surface area (Å²) in [6.07, 6.45) is 1.88. The standard InChI is InChI=1S/C29H28O3/c1-30-26-16-12-22(13-17-26)11-14-24-15-18-27(31-2)20-29(24)25-9-6-10-28(19-25)32-21-23-7-4-3-5-8-23/h3-10,12-13,15-20H,11,14,21H2,1-2H3. The van der Waals surface area contributed by atoms with E-state index < -0.39 is 0 Å². The zero-order valence-corrected chi connectivity index (χ0v) is 18.6. The molecule has 4 rings (SSSR count). The molecule has 3 heteroatoms. The van der Waals surface area contributed by atoms with E-state index >= 15 is 0 Å². The summed E-state index contributed by atoms with van der Waals surface area (Å²) < 4.78 is 16.8. The van der Waals surface area contributed by atoms with Gasteiger partial charge in [-0.3, -0.25) is 0 Å². The second kappa shape index (κ2) is 10.5. The van der Waals surface area contributed by atoms with Crippen LogP contribution >= 0.6 is 0 Å². The molecule has 0 saturated heterocycles. The van der Waals surface area contributed by atoms with Crippen molar-refractivity contribution >= 4 is 0 Å². The van der Waals surface area contributed by atoms with Gasteiger partial charge in [-0.2, -0.15) is 0 Å². The fourth-order valence-electron chi connectivity index (χ4n) is 3.73. The maximum Gasteiger partial charge on any atom is 0.120 e. The molecule has 32 heavy (non-hydrogen) atoms. The van der Waals surface area contributed by atoms with Crippen LogP contribution in [0.3, 0.4) is 0 Å². The minimum atomic E-state index is 0.548. The second-order valence-corrected chi connectivity index (χ2v) is 7.67. The van der Waals surface area contributed by atoms with Crippen molar-refractivity contribution in [3.8, 4) is 28.4 Å². The Morgan fingerprint density at radius 2 is 1.31 bits per heavy atom. The Morgan fingerprint density at radius 3 is 2.06 bits per heavy atom. The minimum Gasteiger partial charge on any atom is -0.497 e. The molecule has 0 saturated carbocycles. The molecule has 0 aliphatic heterocycles. The highest BCUT2D eigenvalue weighted by Gasteiger charge is 2.09. The van der Waals surface area contributed by atoms with Crippen molar-refractivity contribution in [3.63, 3.8) is 0 Å². The summed E-state index contributed by atoms with van der Waals surface area (Å²) in [5, 5.41) is 0. The van der Waals surface area contributed by atoms with Gasteiger partial charge in [0.1, 0.15) is 23.9 Å². The van der Waals surface area contributed by atoms with E-state index in [-0.39, 0.29) is 0 Å². The van der Waals surface area contributed by atoms with Crippen LogP contribution in [0.5, 0.6) is 17.2 Å². The van der Waals surface area contributed by atoms with E-state index in [1.54, 1.807) is 14.2 Å². The summed E-state index contributed by atoms with van der Waals surface area (Å²) in [7, 11) is 3.39. The molecule has 0 amide bonds. The van der Waals surface area contributed by atoms with Gasteiger partial charge in [0.25, 0.3) is 0 Å². The minimum absolute atomic E-state index is 0.548. The molecule has 0 atom stereocenters. The molecule has 0 N–H and O–H groups in total. The Kier molecular flexibility index (Phi) is 7.08. The molecular weight excluding hydrogens is 396 g/mol.